The predicted octanol–water partition coefficient (Wildman–Crippen LogP) is 3.41. The molecule has 0 radical (unpaired) electrons. The first-order chi connectivity index (χ1) is 6.54. The maximum Gasteiger partial charge on any atom is 0.0270 e. The van der Waals surface area contributed by atoms with Crippen molar-refractivity contribution in [2.24, 2.45) is 5.73 Å². The second-order valence-corrected chi connectivity index (χ2v) is 5.55. The summed E-state index contributed by atoms with van der Waals surface area (Å²) in [6.07, 6.45) is 5.26. The molecule has 0 aliphatic heterocycles. The summed E-state index contributed by atoms with van der Waals surface area (Å²) in [7, 11) is 0. The number of thiophene rings is 1. The Morgan fingerprint density at radius 2 is 2.07 bits per heavy atom. The van der Waals surface area contributed by atoms with E-state index in [9.17, 15) is 0 Å². The van der Waals surface area contributed by atoms with Crippen LogP contribution in [-0.4, -0.2) is 6.54 Å². The molecule has 0 aliphatic carbocycles. The maximum atomic E-state index is 5.42. The molecule has 0 amide bonds. The zero-order chi connectivity index (χ0) is 10.6. The Morgan fingerprint density at radius 1 is 1.36 bits per heavy atom. The molecule has 2 N–H and O–H groups in total. The van der Waals surface area contributed by atoms with Crippen LogP contribution in [0.25, 0.3) is 6.08 Å². The molecular formula is C12H19NS. The number of hydrogen-bond donors (Lipinski definition) is 1. The molecule has 1 heterocycles. The van der Waals surface area contributed by atoms with Crippen molar-refractivity contribution in [1.29, 1.82) is 0 Å². The van der Waals surface area contributed by atoms with Crippen LogP contribution in [-0.2, 0) is 5.41 Å². The fourth-order valence-electron chi connectivity index (χ4n) is 1.14. The SMILES string of the molecule is CC(C)(C)c1ccc(/C=C/CCN)s1. The van der Waals surface area contributed by atoms with E-state index in [4.69, 9.17) is 5.73 Å². The quantitative estimate of drug-likeness (QED) is 0.811. The summed E-state index contributed by atoms with van der Waals surface area (Å²) in [5.41, 5.74) is 5.69. The van der Waals surface area contributed by atoms with Crippen molar-refractivity contribution < 1.29 is 0 Å². The molecule has 0 bridgehead atoms. The average molecular weight is 209 g/mol. The molecule has 0 aliphatic rings. The highest BCUT2D eigenvalue weighted by atomic mass is 32.1. The molecule has 2 heteroatoms. The van der Waals surface area contributed by atoms with Gasteiger partial charge in [-0.15, -0.1) is 11.3 Å². The van der Waals surface area contributed by atoms with Crippen LogP contribution in [0.4, 0.5) is 0 Å². The molecule has 78 valence electrons. The minimum Gasteiger partial charge on any atom is -0.330 e. The highest BCUT2D eigenvalue weighted by Crippen LogP contribution is 2.29. The summed E-state index contributed by atoms with van der Waals surface area (Å²) in [5, 5.41) is 0. The van der Waals surface area contributed by atoms with Gasteiger partial charge in [-0.1, -0.05) is 26.8 Å². The lowest BCUT2D eigenvalue weighted by molar-refractivity contribution is 0.604. The van der Waals surface area contributed by atoms with E-state index in [1.165, 1.54) is 9.75 Å². The lowest BCUT2D eigenvalue weighted by Gasteiger charge is -2.15. The van der Waals surface area contributed by atoms with Crippen molar-refractivity contribution in [1.82, 2.24) is 0 Å². The van der Waals surface area contributed by atoms with E-state index in [2.05, 4.69) is 45.1 Å². The largest absolute Gasteiger partial charge is 0.330 e. The van der Waals surface area contributed by atoms with Crippen LogP contribution in [0.3, 0.4) is 0 Å². The van der Waals surface area contributed by atoms with Gasteiger partial charge in [-0.2, -0.15) is 0 Å². The first-order valence-electron chi connectivity index (χ1n) is 5.01. The fraction of sp³-hybridized carbons (Fsp3) is 0.500. The Morgan fingerprint density at radius 3 is 2.57 bits per heavy atom. The molecule has 0 saturated heterocycles. The lowest BCUT2D eigenvalue weighted by Crippen LogP contribution is -2.07. The second-order valence-electron chi connectivity index (χ2n) is 4.43. The molecule has 1 aromatic rings. The van der Waals surface area contributed by atoms with Gasteiger partial charge in [-0.25, -0.2) is 0 Å². The van der Waals surface area contributed by atoms with Gasteiger partial charge in [0.2, 0.25) is 0 Å². The zero-order valence-electron chi connectivity index (χ0n) is 9.21. The van der Waals surface area contributed by atoms with Crippen molar-refractivity contribution in [2.45, 2.75) is 32.6 Å². The molecule has 1 aromatic heterocycles. The Labute approximate surface area is 90.6 Å². The molecule has 0 saturated carbocycles. The first kappa shape index (κ1) is 11.5. The van der Waals surface area contributed by atoms with Gasteiger partial charge in [0.25, 0.3) is 0 Å². The molecule has 0 atom stereocenters. The van der Waals surface area contributed by atoms with Crippen molar-refractivity contribution in [3.8, 4) is 0 Å². The van der Waals surface area contributed by atoms with Crippen LogP contribution in [0, 0.1) is 0 Å². The number of rotatable bonds is 3. The van der Waals surface area contributed by atoms with E-state index in [0.29, 0.717) is 0 Å². The monoisotopic (exact) mass is 209 g/mol. The minimum atomic E-state index is 0.268. The fourth-order valence-corrected chi connectivity index (χ4v) is 2.14. The van der Waals surface area contributed by atoms with Crippen LogP contribution in [0.1, 0.15) is 36.9 Å². The van der Waals surface area contributed by atoms with E-state index in [1.807, 2.05) is 11.3 Å². The molecule has 0 unspecified atom stereocenters. The van der Waals surface area contributed by atoms with Gasteiger partial charge in [0.05, 0.1) is 0 Å². The maximum absolute atomic E-state index is 5.42. The van der Waals surface area contributed by atoms with E-state index in [0.717, 1.165) is 13.0 Å². The van der Waals surface area contributed by atoms with Gasteiger partial charge in [0.1, 0.15) is 0 Å². The Bertz CT molecular complexity index is 304. The van der Waals surface area contributed by atoms with Gasteiger partial charge in [-0.3, -0.25) is 0 Å². The Hall–Kier alpha value is -0.600. The zero-order valence-corrected chi connectivity index (χ0v) is 10.0. The van der Waals surface area contributed by atoms with E-state index in [1.54, 1.807) is 0 Å². The molecule has 1 rings (SSSR count). The summed E-state index contributed by atoms with van der Waals surface area (Å²) < 4.78 is 0. The van der Waals surface area contributed by atoms with Gasteiger partial charge in [-0.05, 0) is 36.6 Å². The molecule has 0 spiro atoms. The topological polar surface area (TPSA) is 26.0 Å². The second kappa shape index (κ2) is 4.76. The molecule has 0 fully saturated rings. The van der Waals surface area contributed by atoms with Gasteiger partial charge in [0.15, 0.2) is 0 Å². The molecular weight excluding hydrogens is 190 g/mol. The Kier molecular flexibility index (Phi) is 3.90. The molecule has 1 nitrogen and oxygen atoms in total. The summed E-state index contributed by atoms with van der Waals surface area (Å²) in [6, 6.07) is 4.39. The third-order valence-corrected chi connectivity index (χ3v) is 3.46. The third kappa shape index (κ3) is 3.28. The van der Waals surface area contributed by atoms with Crippen LogP contribution in [0.2, 0.25) is 0 Å². The normalized spacial score (nSPS) is 12.6. The summed E-state index contributed by atoms with van der Waals surface area (Å²) in [4.78, 5) is 2.76. The van der Waals surface area contributed by atoms with Gasteiger partial charge < -0.3 is 5.73 Å². The minimum absolute atomic E-state index is 0.268. The van der Waals surface area contributed by atoms with E-state index >= 15 is 0 Å². The molecule has 14 heavy (non-hydrogen) atoms. The van der Waals surface area contributed by atoms with Crippen LogP contribution >= 0.6 is 11.3 Å². The third-order valence-electron chi connectivity index (χ3n) is 1.98. The van der Waals surface area contributed by atoms with Crippen molar-refractivity contribution in [2.75, 3.05) is 6.54 Å². The number of nitrogens with two attached hydrogens (primary N) is 1. The lowest BCUT2D eigenvalue weighted by atomic mass is 9.95. The van der Waals surface area contributed by atoms with E-state index in [-0.39, 0.29) is 5.41 Å². The summed E-state index contributed by atoms with van der Waals surface area (Å²) >= 11 is 1.86. The van der Waals surface area contributed by atoms with Gasteiger partial charge >= 0.3 is 0 Å². The number of hydrogen-bond acceptors (Lipinski definition) is 2. The smallest absolute Gasteiger partial charge is 0.0270 e. The highest BCUT2D eigenvalue weighted by Gasteiger charge is 2.14. The standard InChI is InChI=1S/C12H19NS/c1-12(2,3)11-8-7-10(14-11)6-4-5-9-13/h4,6-8H,5,9,13H2,1-3H3/b6-4+. The van der Waals surface area contributed by atoms with Gasteiger partial charge in [0, 0.05) is 9.75 Å². The van der Waals surface area contributed by atoms with Crippen molar-refractivity contribution in [3.05, 3.63) is 28.0 Å². The van der Waals surface area contributed by atoms with Crippen molar-refractivity contribution >= 4 is 17.4 Å². The van der Waals surface area contributed by atoms with Crippen LogP contribution in [0.15, 0.2) is 18.2 Å². The van der Waals surface area contributed by atoms with Crippen LogP contribution < -0.4 is 5.73 Å². The van der Waals surface area contributed by atoms with E-state index < -0.39 is 0 Å². The summed E-state index contributed by atoms with van der Waals surface area (Å²) in [5.74, 6) is 0. The highest BCUT2D eigenvalue weighted by molar-refractivity contribution is 7.13. The first-order valence-corrected chi connectivity index (χ1v) is 5.82. The molecule has 0 aromatic carbocycles. The summed E-state index contributed by atoms with van der Waals surface area (Å²) in [6.45, 7) is 7.46. The van der Waals surface area contributed by atoms with Crippen molar-refractivity contribution in [3.63, 3.8) is 0 Å². The predicted molar refractivity (Wildman–Crippen MR) is 65.7 cm³/mol. The Balaban J connectivity index is 2.69. The van der Waals surface area contributed by atoms with Crippen LogP contribution in [0.5, 0.6) is 0 Å². The average Bonchev–Trinajstić information content (AvgIpc) is 2.52.